The van der Waals surface area contributed by atoms with Crippen LogP contribution in [0, 0.1) is 11.7 Å². The number of halogens is 1. The van der Waals surface area contributed by atoms with E-state index in [2.05, 4.69) is 29.4 Å². The van der Waals surface area contributed by atoms with Crippen molar-refractivity contribution in [1.29, 1.82) is 0 Å². The highest BCUT2D eigenvalue weighted by molar-refractivity contribution is 7.98. The molecule has 0 radical (unpaired) electrons. The van der Waals surface area contributed by atoms with Gasteiger partial charge in [0.2, 0.25) is 5.91 Å². The van der Waals surface area contributed by atoms with E-state index in [0.717, 1.165) is 11.1 Å². The van der Waals surface area contributed by atoms with Crippen molar-refractivity contribution >= 4 is 17.7 Å². The Balaban J connectivity index is 1.49. The van der Waals surface area contributed by atoms with Crippen molar-refractivity contribution in [3.05, 3.63) is 107 Å². The quantitative estimate of drug-likeness (QED) is 0.249. The zero-order chi connectivity index (χ0) is 26.2. The second-order valence-electron chi connectivity index (χ2n) is 9.33. The highest BCUT2D eigenvalue weighted by Gasteiger charge is 2.22. The number of thioether (sulfide) groups is 1. The van der Waals surface area contributed by atoms with Crippen molar-refractivity contribution in [2.45, 2.75) is 50.2 Å². The molecule has 0 bridgehead atoms. The van der Waals surface area contributed by atoms with Crippen molar-refractivity contribution in [3.63, 3.8) is 0 Å². The first kappa shape index (κ1) is 26.4. The lowest BCUT2D eigenvalue weighted by molar-refractivity contribution is -0.122. The van der Waals surface area contributed by atoms with Gasteiger partial charge in [0.15, 0.2) is 11.0 Å². The van der Waals surface area contributed by atoms with E-state index in [0.29, 0.717) is 41.2 Å². The normalized spacial score (nSPS) is 12.0. The Kier molecular flexibility index (Phi) is 8.95. The number of aromatic nitrogens is 3. The fraction of sp³-hybridized carbons (Fsp3) is 0.276. The maximum atomic E-state index is 14.1. The lowest BCUT2D eigenvalue weighted by Crippen LogP contribution is -2.31. The van der Waals surface area contributed by atoms with E-state index in [9.17, 15) is 14.3 Å². The third-order valence-corrected chi connectivity index (χ3v) is 6.99. The molecule has 0 unspecified atom stereocenters. The third kappa shape index (κ3) is 7.20. The number of rotatable bonds is 11. The van der Waals surface area contributed by atoms with E-state index < -0.39 is 5.92 Å². The summed E-state index contributed by atoms with van der Waals surface area (Å²) in [5.74, 6) is 0.883. The van der Waals surface area contributed by atoms with Gasteiger partial charge in [0, 0.05) is 12.3 Å². The maximum Gasteiger partial charge on any atom is 0.228 e. The van der Waals surface area contributed by atoms with Gasteiger partial charge in [0.05, 0.1) is 12.5 Å². The zero-order valence-corrected chi connectivity index (χ0v) is 21.8. The van der Waals surface area contributed by atoms with Crippen LogP contribution >= 0.6 is 11.8 Å². The summed E-state index contributed by atoms with van der Waals surface area (Å²) in [5, 5.41) is 22.1. The Labute approximate surface area is 221 Å². The average molecular weight is 519 g/mol. The van der Waals surface area contributed by atoms with E-state index in [1.54, 1.807) is 24.3 Å². The molecule has 4 rings (SSSR count). The molecule has 192 valence electrons. The molecule has 0 fully saturated rings. The molecular formula is C29H31FN4O2S. The van der Waals surface area contributed by atoms with Crippen molar-refractivity contribution in [1.82, 2.24) is 20.1 Å². The molecule has 0 aliphatic heterocycles. The van der Waals surface area contributed by atoms with Gasteiger partial charge in [0.25, 0.3) is 0 Å². The van der Waals surface area contributed by atoms with Crippen LogP contribution in [0.25, 0.3) is 0 Å². The van der Waals surface area contributed by atoms with E-state index in [-0.39, 0.29) is 24.0 Å². The molecular weight excluding hydrogens is 487 g/mol. The number of amides is 1. The van der Waals surface area contributed by atoms with Crippen molar-refractivity contribution in [3.8, 4) is 5.75 Å². The van der Waals surface area contributed by atoms with Crippen LogP contribution in [0.2, 0.25) is 0 Å². The van der Waals surface area contributed by atoms with Crippen LogP contribution < -0.4 is 5.32 Å². The monoisotopic (exact) mass is 518 g/mol. The molecule has 1 aromatic heterocycles. The van der Waals surface area contributed by atoms with Crippen molar-refractivity contribution in [2.24, 2.45) is 5.92 Å². The summed E-state index contributed by atoms with van der Waals surface area (Å²) in [6, 6.07) is 23.3. The Morgan fingerprint density at radius 1 is 1.00 bits per heavy atom. The predicted octanol–water partition coefficient (Wildman–Crippen LogP) is 5.71. The minimum absolute atomic E-state index is 0.112. The van der Waals surface area contributed by atoms with E-state index >= 15 is 0 Å². The zero-order valence-electron chi connectivity index (χ0n) is 21.0. The lowest BCUT2D eigenvalue weighted by atomic mass is 9.91. The minimum Gasteiger partial charge on any atom is -0.508 e. The molecule has 3 aromatic carbocycles. The Morgan fingerprint density at radius 3 is 2.41 bits per heavy atom. The Bertz CT molecular complexity index is 1310. The first-order valence-electron chi connectivity index (χ1n) is 12.3. The highest BCUT2D eigenvalue weighted by atomic mass is 32.2. The lowest BCUT2D eigenvalue weighted by Gasteiger charge is -2.18. The number of nitrogens with one attached hydrogen (secondary N) is 1. The van der Waals surface area contributed by atoms with E-state index in [4.69, 9.17) is 0 Å². The van der Waals surface area contributed by atoms with Gasteiger partial charge in [-0.3, -0.25) is 4.79 Å². The van der Waals surface area contributed by atoms with Crippen molar-refractivity contribution in [2.75, 3.05) is 0 Å². The van der Waals surface area contributed by atoms with Crippen LogP contribution in [-0.4, -0.2) is 25.8 Å². The van der Waals surface area contributed by atoms with Gasteiger partial charge in [0.1, 0.15) is 11.6 Å². The first-order valence-corrected chi connectivity index (χ1v) is 13.3. The Morgan fingerprint density at radius 2 is 1.70 bits per heavy atom. The van der Waals surface area contributed by atoms with Crippen LogP contribution in [0.4, 0.5) is 4.39 Å². The molecule has 0 aliphatic carbocycles. The molecule has 1 amide bonds. The summed E-state index contributed by atoms with van der Waals surface area (Å²) in [6.07, 6.45) is 0.499. The standard InChI is InChI=1S/C29H31FN4O2S/c1-20(2)18-34-27(32-33-29(34)37-19-23-10-6-7-11-26(23)30)17-31-28(36)25(22-8-4-3-5-9-22)16-21-12-14-24(35)15-13-21/h3-15,20,25,35H,16-19H2,1-2H3,(H,31,36)/t25-/m1/s1. The topological polar surface area (TPSA) is 80.0 Å². The fourth-order valence-corrected chi connectivity index (χ4v) is 5.02. The molecule has 2 N–H and O–H groups in total. The fourth-order valence-electron chi connectivity index (χ4n) is 4.07. The summed E-state index contributed by atoms with van der Waals surface area (Å²) in [4.78, 5) is 13.4. The van der Waals surface area contributed by atoms with Crippen molar-refractivity contribution < 1.29 is 14.3 Å². The minimum atomic E-state index is -0.401. The average Bonchev–Trinajstić information content (AvgIpc) is 3.27. The maximum absolute atomic E-state index is 14.1. The summed E-state index contributed by atoms with van der Waals surface area (Å²) in [6.45, 7) is 5.14. The smallest absolute Gasteiger partial charge is 0.228 e. The van der Waals surface area contributed by atoms with Crippen LogP contribution in [0.15, 0.2) is 84.0 Å². The van der Waals surface area contributed by atoms with Gasteiger partial charge < -0.3 is 15.0 Å². The molecule has 6 nitrogen and oxygen atoms in total. The van der Waals surface area contributed by atoms with E-state index in [1.165, 1.54) is 17.8 Å². The summed E-state index contributed by atoms with van der Waals surface area (Å²) >= 11 is 1.43. The number of carbonyl (C=O) groups excluding carboxylic acids is 1. The number of phenols is 1. The molecule has 0 aliphatic rings. The second kappa shape index (κ2) is 12.5. The van der Waals surface area contributed by atoms with Crippen LogP contribution in [0.1, 0.15) is 42.3 Å². The van der Waals surface area contributed by atoms with Gasteiger partial charge >= 0.3 is 0 Å². The SMILES string of the molecule is CC(C)Cn1c(CNC(=O)[C@H](Cc2ccc(O)cc2)c2ccccc2)nnc1SCc1ccccc1F. The van der Waals surface area contributed by atoms with Crippen LogP contribution in [0.3, 0.4) is 0 Å². The molecule has 8 heteroatoms. The molecule has 37 heavy (non-hydrogen) atoms. The van der Waals surface area contributed by atoms with Gasteiger partial charge in [-0.15, -0.1) is 10.2 Å². The number of benzene rings is 3. The van der Waals surface area contributed by atoms with Gasteiger partial charge in [-0.1, -0.05) is 86.3 Å². The number of nitrogens with zero attached hydrogens (tertiary/aromatic N) is 3. The number of carbonyl (C=O) groups is 1. The van der Waals surface area contributed by atoms with Gasteiger partial charge in [-0.2, -0.15) is 0 Å². The number of phenolic OH excluding ortho intramolecular Hbond substituents is 1. The Hall–Kier alpha value is -3.65. The molecule has 1 atom stereocenters. The highest BCUT2D eigenvalue weighted by Crippen LogP contribution is 2.25. The van der Waals surface area contributed by atoms with Gasteiger partial charge in [-0.05, 0) is 47.2 Å². The number of aromatic hydroxyl groups is 1. The first-order chi connectivity index (χ1) is 17.9. The number of hydrogen-bond donors (Lipinski definition) is 2. The van der Waals surface area contributed by atoms with E-state index in [1.807, 2.05) is 53.1 Å². The molecule has 0 saturated heterocycles. The van der Waals surface area contributed by atoms with Gasteiger partial charge in [-0.25, -0.2) is 4.39 Å². The number of hydrogen-bond acceptors (Lipinski definition) is 5. The molecule has 0 spiro atoms. The third-order valence-electron chi connectivity index (χ3n) is 5.97. The summed E-state index contributed by atoms with van der Waals surface area (Å²) < 4.78 is 16.1. The predicted molar refractivity (Wildman–Crippen MR) is 144 cm³/mol. The second-order valence-corrected chi connectivity index (χ2v) is 10.3. The largest absolute Gasteiger partial charge is 0.508 e. The summed E-state index contributed by atoms with van der Waals surface area (Å²) in [5.41, 5.74) is 2.48. The molecule has 0 saturated carbocycles. The molecule has 1 heterocycles. The van der Waals surface area contributed by atoms with Crippen LogP contribution in [-0.2, 0) is 30.1 Å². The summed E-state index contributed by atoms with van der Waals surface area (Å²) in [7, 11) is 0. The molecule has 4 aromatic rings. The van der Waals surface area contributed by atoms with Crippen LogP contribution in [0.5, 0.6) is 5.75 Å².